The van der Waals surface area contributed by atoms with Crippen LogP contribution in [0.25, 0.3) is 10.8 Å². The average Bonchev–Trinajstić information content (AvgIpc) is 3.43. The maximum atomic E-state index is 12.8. The molecule has 2 aromatic carbocycles. The van der Waals surface area contributed by atoms with E-state index >= 15 is 0 Å². The van der Waals surface area contributed by atoms with E-state index in [0.29, 0.717) is 24.9 Å². The van der Waals surface area contributed by atoms with E-state index in [1.807, 2.05) is 16.8 Å². The minimum absolute atomic E-state index is 0.0614. The number of amides is 2. The second kappa shape index (κ2) is 9.23. The van der Waals surface area contributed by atoms with E-state index in [1.165, 1.54) is 27.7 Å². The predicted molar refractivity (Wildman–Crippen MR) is 118 cm³/mol. The first-order chi connectivity index (χ1) is 14.2. The van der Waals surface area contributed by atoms with Crippen LogP contribution in [0.5, 0.6) is 0 Å². The molecule has 1 saturated heterocycles. The van der Waals surface area contributed by atoms with Gasteiger partial charge in [0.2, 0.25) is 5.91 Å². The highest BCUT2D eigenvalue weighted by molar-refractivity contribution is 7.08. The van der Waals surface area contributed by atoms with Crippen molar-refractivity contribution in [1.29, 1.82) is 0 Å². The summed E-state index contributed by atoms with van der Waals surface area (Å²) in [5, 5.41) is 9.16. The van der Waals surface area contributed by atoms with Gasteiger partial charge in [0, 0.05) is 36.5 Å². The van der Waals surface area contributed by atoms with Gasteiger partial charge in [0.15, 0.2) is 0 Å². The summed E-state index contributed by atoms with van der Waals surface area (Å²) in [6.45, 7) is 1.37. The molecule has 1 aromatic heterocycles. The van der Waals surface area contributed by atoms with Gasteiger partial charge < -0.3 is 10.2 Å². The molecule has 0 unspecified atom stereocenters. The van der Waals surface area contributed by atoms with Gasteiger partial charge in [-0.15, -0.1) is 0 Å². The molecule has 1 aliphatic heterocycles. The number of carbonyl (C=O) groups excluding carboxylic acids is 2. The standard InChI is InChI=1S/C24H26N2O2S/c27-23(11-4-13-25-24(28)20-12-15-29-17-20)26-14-5-9-21(26)16-19-8-3-7-18-6-1-2-10-22(18)19/h1-3,6-8,10,12,15,17,21H,4-5,9,11,13-14,16H2,(H,25,28)/t21-/m0/s1. The van der Waals surface area contributed by atoms with Gasteiger partial charge in [0.1, 0.15) is 0 Å². The highest BCUT2D eigenvalue weighted by Gasteiger charge is 2.28. The third kappa shape index (κ3) is 4.67. The summed E-state index contributed by atoms with van der Waals surface area (Å²) in [4.78, 5) is 26.8. The van der Waals surface area contributed by atoms with Crippen LogP contribution in [0.15, 0.2) is 59.3 Å². The van der Waals surface area contributed by atoms with Crippen molar-refractivity contribution in [3.05, 3.63) is 70.4 Å². The van der Waals surface area contributed by atoms with Crippen LogP contribution in [-0.2, 0) is 11.2 Å². The van der Waals surface area contributed by atoms with Gasteiger partial charge in [-0.25, -0.2) is 0 Å². The van der Waals surface area contributed by atoms with Crippen LogP contribution in [0.4, 0.5) is 0 Å². The minimum Gasteiger partial charge on any atom is -0.352 e. The first-order valence-electron chi connectivity index (χ1n) is 10.3. The van der Waals surface area contributed by atoms with Gasteiger partial charge >= 0.3 is 0 Å². The van der Waals surface area contributed by atoms with Gasteiger partial charge in [0.05, 0.1) is 0 Å². The molecule has 1 atom stereocenters. The molecule has 0 saturated carbocycles. The average molecular weight is 407 g/mol. The summed E-state index contributed by atoms with van der Waals surface area (Å²) in [6, 6.07) is 17.0. The van der Waals surface area contributed by atoms with Crippen LogP contribution in [0.3, 0.4) is 0 Å². The number of hydrogen-bond acceptors (Lipinski definition) is 3. The molecule has 0 aliphatic carbocycles. The number of rotatable bonds is 7. The zero-order valence-corrected chi connectivity index (χ0v) is 17.3. The zero-order chi connectivity index (χ0) is 20.1. The Bertz CT molecular complexity index is 978. The van der Waals surface area contributed by atoms with E-state index in [4.69, 9.17) is 0 Å². The van der Waals surface area contributed by atoms with E-state index in [0.717, 1.165) is 25.8 Å². The Morgan fingerprint density at radius 1 is 1.10 bits per heavy atom. The highest BCUT2D eigenvalue weighted by Crippen LogP contribution is 2.26. The van der Waals surface area contributed by atoms with E-state index in [-0.39, 0.29) is 17.9 Å². The van der Waals surface area contributed by atoms with Crippen molar-refractivity contribution in [2.45, 2.75) is 38.1 Å². The fourth-order valence-corrected chi connectivity index (χ4v) is 4.82. The van der Waals surface area contributed by atoms with Crippen LogP contribution in [0.1, 0.15) is 41.6 Å². The first kappa shape index (κ1) is 19.6. The summed E-state index contributed by atoms with van der Waals surface area (Å²) >= 11 is 1.51. The Morgan fingerprint density at radius 2 is 1.97 bits per heavy atom. The van der Waals surface area contributed by atoms with Crippen LogP contribution >= 0.6 is 11.3 Å². The Labute approximate surface area is 175 Å². The number of nitrogens with zero attached hydrogens (tertiary/aromatic N) is 1. The summed E-state index contributed by atoms with van der Waals surface area (Å²) in [5.74, 6) is 0.145. The quantitative estimate of drug-likeness (QED) is 0.581. The number of fused-ring (bicyclic) bond motifs is 1. The molecule has 0 spiro atoms. The van der Waals surface area contributed by atoms with Gasteiger partial charge in [-0.2, -0.15) is 11.3 Å². The Morgan fingerprint density at radius 3 is 2.83 bits per heavy atom. The summed E-state index contributed by atoms with van der Waals surface area (Å²) < 4.78 is 0. The minimum atomic E-state index is -0.0614. The van der Waals surface area contributed by atoms with Gasteiger partial charge in [0.25, 0.3) is 5.91 Å². The molecule has 3 aromatic rings. The van der Waals surface area contributed by atoms with Crippen molar-refractivity contribution in [2.24, 2.45) is 0 Å². The molecule has 0 bridgehead atoms. The Balaban J connectivity index is 1.31. The molecule has 4 rings (SSSR count). The van der Waals surface area contributed by atoms with Crippen molar-refractivity contribution in [3.8, 4) is 0 Å². The maximum Gasteiger partial charge on any atom is 0.252 e. The van der Waals surface area contributed by atoms with Gasteiger partial charge in [-0.05, 0) is 53.5 Å². The van der Waals surface area contributed by atoms with E-state index in [1.54, 1.807) is 0 Å². The fourth-order valence-electron chi connectivity index (χ4n) is 4.18. The lowest BCUT2D eigenvalue weighted by atomic mass is 9.97. The lowest BCUT2D eigenvalue weighted by molar-refractivity contribution is -0.132. The molecule has 1 N–H and O–H groups in total. The molecule has 1 fully saturated rings. The molecular weight excluding hydrogens is 380 g/mol. The smallest absolute Gasteiger partial charge is 0.252 e. The Kier molecular flexibility index (Phi) is 6.25. The van der Waals surface area contributed by atoms with Crippen LogP contribution in [0, 0.1) is 0 Å². The fraction of sp³-hybridized carbons (Fsp3) is 0.333. The normalized spacial score (nSPS) is 16.3. The number of carbonyl (C=O) groups is 2. The number of benzene rings is 2. The zero-order valence-electron chi connectivity index (χ0n) is 16.5. The van der Waals surface area contributed by atoms with Crippen molar-refractivity contribution in [3.63, 3.8) is 0 Å². The number of hydrogen-bond donors (Lipinski definition) is 1. The predicted octanol–water partition coefficient (Wildman–Crippen LogP) is 4.65. The molecule has 2 amide bonds. The van der Waals surface area contributed by atoms with Gasteiger partial charge in [-0.1, -0.05) is 42.5 Å². The third-order valence-corrected chi connectivity index (χ3v) is 6.35. The van der Waals surface area contributed by atoms with Crippen LogP contribution < -0.4 is 5.32 Å². The number of likely N-dealkylation sites (tertiary alicyclic amines) is 1. The lowest BCUT2D eigenvalue weighted by Gasteiger charge is -2.25. The summed E-state index contributed by atoms with van der Waals surface area (Å²) in [7, 11) is 0. The molecule has 5 heteroatoms. The van der Waals surface area contributed by atoms with Crippen molar-refractivity contribution in [1.82, 2.24) is 10.2 Å². The first-order valence-corrected chi connectivity index (χ1v) is 11.2. The van der Waals surface area contributed by atoms with Crippen LogP contribution in [0.2, 0.25) is 0 Å². The van der Waals surface area contributed by atoms with Gasteiger partial charge in [-0.3, -0.25) is 9.59 Å². The van der Waals surface area contributed by atoms with E-state index in [2.05, 4.69) is 52.7 Å². The van der Waals surface area contributed by atoms with Crippen LogP contribution in [-0.4, -0.2) is 35.8 Å². The molecule has 29 heavy (non-hydrogen) atoms. The highest BCUT2D eigenvalue weighted by atomic mass is 32.1. The molecular formula is C24H26N2O2S. The molecule has 4 nitrogen and oxygen atoms in total. The van der Waals surface area contributed by atoms with Crippen molar-refractivity contribution >= 4 is 33.9 Å². The lowest BCUT2D eigenvalue weighted by Crippen LogP contribution is -2.37. The molecule has 2 heterocycles. The summed E-state index contributed by atoms with van der Waals surface area (Å²) in [6.07, 6.45) is 4.18. The maximum absolute atomic E-state index is 12.8. The number of nitrogens with one attached hydrogen (secondary N) is 1. The molecule has 1 aliphatic rings. The Hall–Kier alpha value is -2.66. The largest absolute Gasteiger partial charge is 0.352 e. The van der Waals surface area contributed by atoms with Crippen molar-refractivity contribution < 1.29 is 9.59 Å². The van der Waals surface area contributed by atoms with E-state index < -0.39 is 0 Å². The van der Waals surface area contributed by atoms with Crippen molar-refractivity contribution in [2.75, 3.05) is 13.1 Å². The third-order valence-electron chi connectivity index (χ3n) is 5.67. The summed E-state index contributed by atoms with van der Waals surface area (Å²) in [5.41, 5.74) is 2.01. The SMILES string of the molecule is O=C(NCCCC(=O)N1CCC[C@H]1Cc1cccc2ccccc12)c1ccsc1. The molecule has 0 radical (unpaired) electrons. The topological polar surface area (TPSA) is 49.4 Å². The monoisotopic (exact) mass is 406 g/mol. The number of thiophene rings is 1. The second-order valence-corrected chi connectivity index (χ2v) is 8.38. The second-order valence-electron chi connectivity index (χ2n) is 7.60. The molecule has 150 valence electrons. The van der Waals surface area contributed by atoms with E-state index in [9.17, 15) is 9.59 Å².